The Hall–Kier alpha value is -3.11. The molecule has 0 saturated heterocycles. The molecule has 25 heavy (non-hydrogen) atoms. The number of nitrogens with zero attached hydrogens (tertiary/aromatic N) is 2. The van der Waals surface area contributed by atoms with Crippen molar-refractivity contribution in [2.75, 3.05) is 19.0 Å². The van der Waals surface area contributed by atoms with Crippen molar-refractivity contribution in [2.45, 2.75) is 18.4 Å². The summed E-state index contributed by atoms with van der Waals surface area (Å²) >= 11 is 0. The Morgan fingerprint density at radius 1 is 1.36 bits per heavy atom. The number of nitriles is 1. The van der Waals surface area contributed by atoms with Crippen LogP contribution in [0.15, 0.2) is 42.6 Å². The highest BCUT2D eigenvalue weighted by Crippen LogP contribution is 2.41. The van der Waals surface area contributed by atoms with Crippen LogP contribution in [0.4, 0.5) is 10.6 Å². The average Bonchev–Trinajstić information content (AvgIpc) is 3.35. The molecule has 1 saturated carbocycles. The molecule has 7 nitrogen and oxygen atoms in total. The van der Waals surface area contributed by atoms with Gasteiger partial charge in [0.05, 0.1) is 12.8 Å². The number of para-hydroxylation sites is 1. The Bertz CT molecular complexity index is 798. The molecule has 3 rings (SSSR count). The van der Waals surface area contributed by atoms with E-state index in [-0.39, 0.29) is 5.82 Å². The first-order valence-electron chi connectivity index (χ1n) is 7.76. The number of pyridine rings is 1. The van der Waals surface area contributed by atoms with E-state index in [9.17, 15) is 10.1 Å². The zero-order chi connectivity index (χ0) is 17.7. The highest BCUT2D eigenvalue weighted by molar-refractivity contribution is 5.85. The molecule has 1 aromatic heterocycles. The fraction of sp³-hybridized carbons (Fsp3) is 0.278. The molecule has 0 aliphatic heterocycles. The molecule has 1 aliphatic rings. The summed E-state index contributed by atoms with van der Waals surface area (Å²) in [5.41, 5.74) is -0.104. The molecule has 2 aromatic rings. The number of amides is 1. The highest BCUT2D eigenvalue weighted by atomic mass is 16.6. The predicted octanol–water partition coefficient (Wildman–Crippen LogP) is 3.12. The number of rotatable bonds is 6. The van der Waals surface area contributed by atoms with Crippen molar-refractivity contribution in [3.8, 4) is 17.6 Å². The second-order valence-electron chi connectivity index (χ2n) is 5.72. The van der Waals surface area contributed by atoms with E-state index in [0.29, 0.717) is 23.7 Å². The van der Waals surface area contributed by atoms with Gasteiger partial charge in [0, 0.05) is 13.2 Å². The lowest BCUT2D eigenvalue weighted by molar-refractivity contribution is 0.0637. The van der Waals surface area contributed by atoms with Gasteiger partial charge in [-0.25, -0.2) is 9.78 Å². The minimum atomic E-state index is -0.674. The minimum Gasteiger partial charge on any atom is -0.483 e. The molecule has 0 atom stereocenters. The number of carbonyl (C=O) groups is 1. The van der Waals surface area contributed by atoms with Crippen molar-refractivity contribution in [3.63, 3.8) is 0 Å². The number of nitrogens with one attached hydrogen (secondary N) is 1. The predicted molar refractivity (Wildman–Crippen MR) is 89.5 cm³/mol. The van der Waals surface area contributed by atoms with Crippen molar-refractivity contribution < 1.29 is 19.0 Å². The summed E-state index contributed by atoms with van der Waals surface area (Å²) < 4.78 is 16.2. The second kappa shape index (κ2) is 7.20. The maximum Gasteiger partial charge on any atom is 0.418 e. The van der Waals surface area contributed by atoms with Crippen molar-refractivity contribution >= 4 is 11.9 Å². The Balaban J connectivity index is 1.71. The molecule has 0 bridgehead atoms. The van der Waals surface area contributed by atoms with Crippen LogP contribution in [-0.4, -0.2) is 30.4 Å². The third-order valence-corrected chi connectivity index (χ3v) is 3.71. The number of hydrogen-bond donors (Lipinski definition) is 1. The lowest BCUT2D eigenvalue weighted by atomic mass is 10.2. The average molecular weight is 339 g/mol. The summed E-state index contributed by atoms with van der Waals surface area (Å²) in [6.07, 6.45) is 2.39. The smallest absolute Gasteiger partial charge is 0.418 e. The molecule has 1 fully saturated rings. The van der Waals surface area contributed by atoms with Gasteiger partial charge in [0.1, 0.15) is 34.6 Å². The van der Waals surface area contributed by atoms with Crippen molar-refractivity contribution in [2.24, 2.45) is 0 Å². The molecule has 1 heterocycles. The first-order valence-corrected chi connectivity index (χ1v) is 7.76. The summed E-state index contributed by atoms with van der Waals surface area (Å²) in [5.74, 6) is 1.02. The van der Waals surface area contributed by atoms with Gasteiger partial charge in [0.2, 0.25) is 0 Å². The van der Waals surface area contributed by atoms with Gasteiger partial charge in [0.15, 0.2) is 0 Å². The van der Waals surface area contributed by atoms with Crippen LogP contribution in [0.3, 0.4) is 0 Å². The van der Waals surface area contributed by atoms with Crippen LogP contribution < -0.4 is 14.8 Å². The van der Waals surface area contributed by atoms with Crippen LogP contribution in [0.2, 0.25) is 0 Å². The largest absolute Gasteiger partial charge is 0.483 e. The van der Waals surface area contributed by atoms with Gasteiger partial charge in [-0.3, -0.25) is 5.32 Å². The third-order valence-electron chi connectivity index (χ3n) is 3.71. The van der Waals surface area contributed by atoms with Gasteiger partial charge < -0.3 is 14.2 Å². The highest BCUT2D eigenvalue weighted by Gasteiger charge is 2.46. The Labute approximate surface area is 145 Å². The molecule has 128 valence electrons. The number of benzene rings is 1. The van der Waals surface area contributed by atoms with E-state index in [1.54, 1.807) is 31.4 Å². The Morgan fingerprint density at radius 2 is 2.12 bits per heavy atom. The first kappa shape index (κ1) is 16.7. The zero-order valence-corrected chi connectivity index (χ0v) is 13.7. The van der Waals surface area contributed by atoms with E-state index in [0.717, 1.165) is 12.8 Å². The van der Waals surface area contributed by atoms with Crippen LogP contribution in [0, 0.1) is 11.3 Å². The molecular formula is C18H17N3O4. The maximum absolute atomic E-state index is 11.9. The lowest BCUT2D eigenvalue weighted by Gasteiger charge is -2.18. The van der Waals surface area contributed by atoms with E-state index < -0.39 is 11.7 Å². The van der Waals surface area contributed by atoms with E-state index in [1.165, 1.54) is 12.3 Å². The fourth-order valence-electron chi connectivity index (χ4n) is 2.31. The van der Waals surface area contributed by atoms with Crippen LogP contribution in [-0.2, 0) is 4.74 Å². The van der Waals surface area contributed by atoms with Crippen LogP contribution in [0.1, 0.15) is 18.4 Å². The fourth-order valence-corrected chi connectivity index (χ4v) is 2.31. The van der Waals surface area contributed by atoms with Crippen molar-refractivity contribution in [1.29, 1.82) is 5.26 Å². The summed E-state index contributed by atoms with van der Waals surface area (Å²) in [4.78, 5) is 16.0. The van der Waals surface area contributed by atoms with E-state index in [1.807, 2.05) is 12.1 Å². The SMILES string of the molecule is COCC1(Oc2cc(NC(=O)Oc3ccccc3)ncc2C#N)CC1. The molecule has 0 spiro atoms. The van der Waals surface area contributed by atoms with Gasteiger partial charge in [0.25, 0.3) is 0 Å². The third kappa shape index (κ3) is 4.25. The van der Waals surface area contributed by atoms with E-state index in [4.69, 9.17) is 14.2 Å². The van der Waals surface area contributed by atoms with Gasteiger partial charge in [-0.15, -0.1) is 0 Å². The molecule has 1 aromatic carbocycles. The van der Waals surface area contributed by atoms with Crippen LogP contribution in [0.25, 0.3) is 0 Å². The number of methoxy groups -OCH3 is 1. The number of carbonyl (C=O) groups excluding carboxylic acids is 1. The molecule has 1 amide bonds. The lowest BCUT2D eigenvalue weighted by Crippen LogP contribution is -2.25. The quantitative estimate of drug-likeness (QED) is 0.869. The van der Waals surface area contributed by atoms with Crippen LogP contribution >= 0.6 is 0 Å². The maximum atomic E-state index is 11.9. The standard InChI is InChI=1S/C18H17N3O4/c1-23-12-18(7-8-18)25-15-9-16(20-11-13(15)10-19)21-17(22)24-14-5-3-2-4-6-14/h2-6,9,11H,7-8,12H2,1H3,(H,20,21,22). The molecule has 0 radical (unpaired) electrons. The van der Waals surface area contributed by atoms with Crippen molar-refractivity contribution in [3.05, 3.63) is 48.2 Å². The number of ether oxygens (including phenoxy) is 3. The van der Waals surface area contributed by atoms with Crippen molar-refractivity contribution in [1.82, 2.24) is 4.98 Å². The normalized spacial score (nSPS) is 14.2. The van der Waals surface area contributed by atoms with Gasteiger partial charge in [-0.2, -0.15) is 5.26 Å². The summed E-state index contributed by atoms with van der Waals surface area (Å²) in [6, 6.07) is 12.2. The summed E-state index contributed by atoms with van der Waals surface area (Å²) in [5, 5.41) is 11.7. The van der Waals surface area contributed by atoms with Gasteiger partial charge in [-0.05, 0) is 25.0 Å². The Morgan fingerprint density at radius 3 is 2.76 bits per heavy atom. The minimum absolute atomic E-state index is 0.239. The second-order valence-corrected chi connectivity index (χ2v) is 5.72. The zero-order valence-electron chi connectivity index (χ0n) is 13.7. The molecule has 1 N–H and O–H groups in total. The molecular weight excluding hydrogens is 322 g/mol. The Kier molecular flexibility index (Phi) is 4.82. The monoisotopic (exact) mass is 339 g/mol. The van der Waals surface area contributed by atoms with E-state index in [2.05, 4.69) is 10.3 Å². The number of hydrogen-bond acceptors (Lipinski definition) is 6. The number of aromatic nitrogens is 1. The summed E-state index contributed by atoms with van der Waals surface area (Å²) in [7, 11) is 1.60. The van der Waals surface area contributed by atoms with E-state index >= 15 is 0 Å². The molecule has 1 aliphatic carbocycles. The summed E-state index contributed by atoms with van der Waals surface area (Å²) in [6.45, 7) is 0.443. The van der Waals surface area contributed by atoms with Crippen LogP contribution in [0.5, 0.6) is 11.5 Å². The first-order chi connectivity index (χ1) is 12.1. The topological polar surface area (TPSA) is 93.5 Å². The number of anilines is 1. The van der Waals surface area contributed by atoms with Gasteiger partial charge in [-0.1, -0.05) is 18.2 Å². The molecule has 7 heteroatoms. The van der Waals surface area contributed by atoms with Gasteiger partial charge >= 0.3 is 6.09 Å². The molecule has 0 unspecified atom stereocenters.